The second kappa shape index (κ2) is 7.77. The van der Waals surface area contributed by atoms with Gasteiger partial charge in [-0.2, -0.15) is 0 Å². The average molecular weight is 428 g/mol. The van der Waals surface area contributed by atoms with Crippen molar-refractivity contribution < 1.29 is 0 Å². The fourth-order valence-corrected chi connectivity index (χ4v) is 3.89. The van der Waals surface area contributed by atoms with Crippen molar-refractivity contribution in [2.24, 2.45) is 0 Å². The summed E-state index contributed by atoms with van der Waals surface area (Å²) < 4.78 is 1.07. The monoisotopic (exact) mass is 426 g/mol. The zero-order valence-corrected chi connectivity index (χ0v) is 15.9. The van der Waals surface area contributed by atoms with Gasteiger partial charge in [0.05, 0.1) is 4.88 Å². The summed E-state index contributed by atoms with van der Waals surface area (Å²) in [6.07, 6.45) is 1.92. The number of nitrogens with zero attached hydrogens (tertiary/aromatic N) is 1. The number of aromatic nitrogens is 1. The highest BCUT2D eigenvalue weighted by Gasteiger charge is 2.06. The summed E-state index contributed by atoms with van der Waals surface area (Å²) in [4.78, 5) is 5.64. The van der Waals surface area contributed by atoms with Gasteiger partial charge in [-0.15, -0.1) is 11.3 Å². The third kappa shape index (κ3) is 4.55. The number of rotatable bonds is 5. The topological polar surface area (TPSA) is 24.9 Å². The van der Waals surface area contributed by atoms with Crippen molar-refractivity contribution in [2.75, 3.05) is 0 Å². The molecule has 1 heterocycles. The van der Waals surface area contributed by atoms with Crippen LogP contribution in [0.25, 0.3) is 10.4 Å². The molecule has 0 unspecified atom stereocenters. The quantitative estimate of drug-likeness (QED) is 0.526. The SMILES string of the molecule is Clc1ccc(CNCc2ncc(-c3cccc(Br)c3)s2)c(Cl)c1. The fraction of sp³-hybridized carbons (Fsp3) is 0.118. The lowest BCUT2D eigenvalue weighted by Crippen LogP contribution is -2.12. The van der Waals surface area contributed by atoms with Crippen molar-refractivity contribution in [3.8, 4) is 10.4 Å². The minimum absolute atomic E-state index is 0.650. The molecule has 6 heteroatoms. The van der Waals surface area contributed by atoms with Crippen LogP contribution < -0.4 is 5.32 Å². The highest BCUT2D eigenvalue weighted by molar-refractivity contribution is 9.10. The Hall–Kier alpha value is -0.910. The molecule has 0 aliphatic rings. The van der Waals surface area contributed by atoms with Gasteiger partial charge >= 0.3 is 0 Å². The lowest BCUT2D eigenvalue weighted by Gasteiger charge is -2.05. The van der Waals surface area contributed by atoms with Gasteiger partial charge in [0.1, 0.15) is 5.01 Å². The summed E-state index contributed by atoms with van der Waals surface area (Å²) in [5.74, 6) is 0. The maximum atomic E-state index is 6.17. The number of thiazole rings is 1. The molecule has 3 rings (SSSR count). The van der Waals surface area contributed by atoms with E-state index < -0.39 is 0 Å². The molecule has 0 aliphatic heterocycles. The number of halogens is 3. The second-order valence-electron chi connectivity index (χ2n) is 4.97. The van der Waals surface area contributed by atoms with E-state index in [0.29, 0.717) is 23.1 Å². The third-order valence-electron chi connectivity index (χ3n) is 3.27. The maximum absolute atomic E-state index is 6.17. The van der Waals surface area contributed by atoms with Gasteiger partial charge in [0.2, 0.25) is 0 Å². The van der Waals surface area contributed by atoms with Crippen LogP contribution in [-0.4, -0.2) is 4.98 Å². The first-order chi connectivity index (χ1) is 11.1. The zero-order valence-electron chi connectivity index (χ0n) is 12.0. The predicted octanol–water partition coefficient (Wildman–Crippen LogP) is 6.17. The Morgan fingerprint density at radius 1 is 1.09 bits per heavy atom. The molecule has 2 nitrogen and oxygen atoms in total. The van der Waals surface area contributed by atoms with Gasteiger partial charge in [-0.1, -0.05) is 57.3 Å². The minimum Gasteiger partial charge on any atom is -0.306 e. The van der Waals surface area contributed by atoms with Gasteiger partial charge < -0.3 is 5.32 Å². The van der Waals surface area contributed by atoms with Gasteiger partial charge in [-0.25, -0.2) is 4.98 Å². The van der Waals surface area contributed by atoms with E-state index in [2.05, 4.69) is 38.4 Å². The van der Waals surface area contributed by atoms with Crippen LogP contribution in [0, 0.1) is 0 Å². The molecule has 1 aromatic heterocycles. The second-order valence-corrected chi connectivity index (χ2v) is 7.84. The standard InChI is InChI=1S/C17H13BrCl2N2S/c18-13-3-1-2-11(6-13)16-9-22-17(23-16)10-21-8-12-4-5-14(19)7-15(12)20/h1-7,9,21H,8,10H2. The molecule has 0 saturated carbocycles. The highest BCUT2D eigenvalue weighted by atomic mass is 79.9. The molecule has 0 atom stereocenters. The first-order valence-electron chi connectivity index (χ1n) is 6.97. The molecule has 23 heavy (non-hydrogen) atoms. The summed E-state index contributed by atoms with van der Waals surface area (Å²) in [5, 5.41) is 5.74. The van der Waals surface area contributed by atoms with E-state index in [-0.39, 0.29) is 0 Å². The molecule has 2 aromatic carbocycles. The predicted molar refractivity (Wildman–Crippen MR) is 102 cm³/mol. The van der Waals surface area contributed by atoms with Crippen LogP contribution in [0.4, 0.5) is 0 Å². The van der Waals surface area contributed by atoms with Crippen molar-refractivity contribution >= 4 is 50.5 Å². The summed E-state index contributed by atoms with van der Waals surface area (Å²) >= 11 is 17.3. The van der Waals surface area contributed by atoms with Gasteiger partial charge in [0.25, 0.3) is 0 Å². The van der Waals surface area contributed by atoms with E-state index in [1.807, 2.05) is 30.5 Å². The van der Waals surface area contributed by atoms with Gasteiger partial charge in [0, 0.05) is 33.8 Å². The first-order valence-corrected chi connectivity index (χ1v) is 9.33. The number of benzene rings is 2. The Bertz CT molecular complexity index is 820. The third-order valence-corrected chi connectivity index (χ3v) is 5.40. The molecule has 3 aromatic rings. The van der Waals surface area contributed by atoms with Crippen LogP contribution in [0.5, 0.6) is 0 Å². The van der Waals surface area contributed by atoms with Crippen molar-refractivity contribution in [2.45, 2.75) is 13.1 Å². The largest absolute Gasteiger partial charge is 0.306 e. The fourth-order valence-electron chi connectivity index (χ4n) is 2.14. The summed E-state index contributed by atoms with van der Waals surface area (Å²) in [6, 6.07) is 13.8. The maximum Gasteiger partial charge on any atom is 0.107 e. The van der Waals surface area contributed by atoms with Gasteiger partial charge in [-0.3, -0.25) is 0 Å². The van der Waals surface area contributed by atoms with Crippen molar-refractivity contribution in [3.63, 3.8) is 0 Å². The Morgan fingerprint density at radius 2 is 1.96 bits per heavy atom. The average Bonchev–Trinajstić information content (AvgIpc) is 2.98. The Morgan fingerprint density at radius 3 is 2.74 bits per heavy atom. The van der Waals surface area contributed by atoms with Crippen molar-refractivity contribution in [1.82, 2.24) is 10.3 Å². The van der Waals surface area contributed by atoms with Crippen molar-refractivity contribution in [1.29, 1.82) is 0 Å². The van der Waals surface area contributed by atoms with Gasteiger partial charge in [-0.05, 0) is 35.4 Å². The Kier molecular flexibility index (Phi) is 5.72. The molecule has 0 saturated heterocycles. The van der Waals surface area contributed by atoms with E-state index in [9.17, 15) is 0 Å². The van der Waals surface area contributed by atoms with Crippen LogP contribution in [0.1, 0.15) is 10.6 Å². The molecule has 1 N–H and O–H groups in total. The van der Waals surface area contributed by atoms with E-state index in [1.165, 1.54) is 5.56 Å². The van der Waals surface area contributed by atoms with E-state index >= 15 is 0 Å². The lowest BCUT2D eigenvalue weighted by atomic mass is 10.2. The molecule has 0 bridgehead atoms. The van der Waals surface area contributed by atoms with E-state index in [4.69, 9.17) is 23.2 Å². The minimum atomic E-state index is 0.650. The molecule has 0 aliphatic carbocycles. The van der Waals surface area contributed by atoms with E-state index in [0.717, 1.165) is 19.9 Å². The van der Waals surface area contributed by atoms with Crippen LogP contribution >= 0.6 is 50.5 Å². The molecule has 118 valence electrons. The Labute approximate surface area is 157 Å². The number of hydrogen-bond acceptors (Lipinski definition) is 3. The molecular weight excluding hydrogens is 415 g/mol. The molecule has 0 amide bonds. The van der Waals surface area contributed by atoms with E-state index in [1.54, 1.807) is 17.4 Å². The van der Waals surface area contributed by atoms with Crippen LogP contribution in [-0.2, 0) is 13.1 Å². The van der Waals surface area contributed by atoms with Crippen LogP contribution in [0.15, 0.2) is 53.1 Å². The highest BCUT2D eigenvalue weighted by Crippen LogP contribution is 2.28. The number of hydrogen-bond donors (Lipinski definition) is 1. The molecule has 0 spiro atoms. The van der Waals surface area contributed by atoms with Crippen LogP contribution in [0.3, 0.4) is 0 Å². The molecule has 0 radical (unpaired) electrons. The van der Waals surface area contributed by atoms with Crippen molar-refractivity contribution in [3.05, 3.63) is 73.8 Å². The normalized spacial score (nSPS) is 10.9. The van der Waals surface area contributed by atoms with Crippen LogP contribution in [0.2, 0.25) is 10.0 Å². The van der Waals surface area contributed by atoms with Gasteiger partial charge in [0.15, 0.2) is 0 Å². The first kappa shape index (κ1) is 16.9. The summed E-state index contributed by atoms with van der Waals surface area (Å²) in [6.45, 7) is 1.39. The molecule has 0 fully saturated rings. The smallest absolute Gasteiger partial charge is 0.107 e. The Balaban J connectivity index is 1.61. The lowest BCUT2D eigenvalue weighted by molar-refractivity contribution is 0.690. The zero-order chi connectivity index (χ0) is 16.2. The summed E-state index contributed by atoms with van der Waals surface area (Å²) in [5.41, 5.74) is 2.20. The number of nitrogens with one attached hydrogen (secondary N) is 1. The summed E-state index contributed by atoms with van der Waals surface area (Å²) in [7, 11) is 0. The molecular formula is C17H13BrCl2N2S.